The summed E-state index contributed by atoms with van der Waals surface area (Å²) < 4.78 is 0. The molecule has 0 aromatic heterocycles. The number of nitrogens with zero attached hydrogens (tertiary/aromatic N) is 2. The molecule has 1 saturated heterocycles. The number of amides is 1. The second-order valence-corrected chi connectivity index (χ2v) is 5.52. The number of carbonyl (C=O) groups is 1. The van der Waals surface area contributed by atoms with E-state index in [4.69, 9.17) is 5.84 Å². The van der Waals surface area contributed by atoms with Crippen molar-refractivity contribution in [3.8, 4) is 0 Å². The van der Waals surface area contributed by atoms with Gasteiger partial charge in [-0.1, -0.05) is 13.3 Å². The first-order valence-corrected chi connectivity index (χ1v) is 6.38. The molecule has 1 aliphatic heterocycles. The zero-order valence-corrected chi connectivity index (χ0v) is 11.5. The fourth-order valence-corrected chi connectivity index (χ4v) is 2.39. The van der Waals surface area contributed by atoms with E-state index in [2.05, 4.69) is 43.0 Å². The average Bonchev–Trinajstić information content (AvgIpc) is 2.28. The molecule has 3 N–H and O–H groups in total. The molecular weight excluding hydrogens is 216 g/mol. The van der Waals surface area contributed by atoms with Gasteiger partial charge in [-0.05, 0) is 27.3 Å². The molecule has 0 aliphatic carbocycles. The van der Waals surface area contributed by atoms with Gasteiger partial charge in [0.2, 0.25) is 0 Å². The quantitative estimate of drug-likeness (QED) is 0.419. The summed E-state index contributed by atoms with van der Waals surface area (Å²) >= 11 is 0. The lowest BCUT2D eigenvalue weighted by Gasteiger charge is -2.47. The van der Waals surface area contributed by atoms with Gasteiger partial charge in [0.05, 0.1) is 6.04 Å². The van der Waals surface area contributed by atoms with Crippen molar-refractivity contribution in [2.24, 2.45) is 5.84 Å². The normalized spacial score (nSPS) is 23.4. The predicted molar refractivity (Wildman–Crippen MR) is 69.3 cm³/mol. The van der Waals surface area contributed by atoms with Crippen molar-refractivity contribution in [1.29, 1.82) is 0 Å². The molecule has 1 fully saturated rings. The van der Waals surface area contributed by atoms with Crippen molar-refractivity contribution in [2.45, 2.75) is 45.2 Å². The summed E-state index contributed by atoms with van der Waals surface area (Å²) in [6.45, 7) is 9.34. The van der Waals surface area contributed by atoms with Crippen LogP contribution in [0, 0.1) is 0 Å². The summed E-state index contributed by atoms with van der Waals surface area (Å²) in [5.74, 6) is 5.21. The van der Waals surface area contributed by atoms with Crippen LogP contribution in [0.1, 0.15) is 33.6 Å². The van der Waals surface area contributed by atoms with Crippen LogP contribution in [-0.4, -0.2) is 54.0 Å². The highest BCUT2D eigenvalue weighted by molar-refractivity contribution is 5.81. The molecule has 0 spiro atoms. The van der Waals surface area contributed by atoms with Gasteiger partial charge in [-0.2, -0.15) is 0 Å². The van der Waals surface area contributed by atoms with Gasteiger partial charge >= 0.3 is 0 Å². The Morgan fingerprint density at radius 2 is 2.12 bits per heavy atom. The van der Waals surface area contributed by atoms with Gasteiger partial charge in [-0.15, -0.1) is 0 Å². The molecule has 1 rings (SSSR count). The molecule has 1 heterocycles. The van der Waals surface area contributed by atoms with Crippen LogP contribution in [0.4, 0.5) is 0 Å². The van der Waals surface area contributed by atoms with Crippen LogP contribution in [-0.2, 0) is 4.79 Å². The Balaban J connectivity index is 2.72. The molecule has 5 heteroatoms. The molecule has 0 radical (unpaired) electrons. The monoisotopic (exact) mass is 242 g/mol. The molecular formula is C12H26N4O. The van der Waals surface area contributed by atoms with Gasteiger partial charge in [0.15, 0.2) is 0 Å². The van der Waals surface area contributed by atoms with E-state index >= 15 is 0 Å². The van der Waals surface area contributed by atoms with Gasteiger partial charge in [-0.25, -0.2) is 5.84 Å². The van der Waals surface area contributed by atoms with Crippen LogP contribution in [0.15, 0.2) is 0 Å². The topological polar surface area (TPSA) is 61.6 Å². The van der Waals surface area contributed by atoms with E-state index in [0.717, 1.165) is 32.5 Å². The lowest BCUT2D eigenvalue weighted by molar-refractivity contribution is -0.128. The lowest BCUT2D eigenvalue weighted by atomic mass is 9.97. The summed E-state index contributed by atoms with van der Waals surface area (Å²) in [7, 11) is 2.13. The van der Waals surface area contributed by atoms with Crippen LogP contribution in [0.5, 0.6) is 0 Å². The van der Waals surface area contributed by atoms with Gasteiger partial charge in [0, 0.05) is 25.2 Å². The summed E-state index contributed by atoms with van der Waals surface area (Å²) in [5.41, 5.74) is 2.40. The lowest BCUT2D eigenvalue weighted by Crippen LogP contribution is -2.62. The number of hydrogen-bond donors (Lipinski definition) is 2. The molecule has 1 unspecified atom stereocenters. The highest BCUT2D eigenvalue weighted by Crippen LogP contribution is 2.22. The van der Waals surface area contributed by atoms with Crippen molar-refractivity contribution in [3.63, 3.8) is 0 Å². The Hall–Kier alpha value is -0.650. The zero-order chi connectivity index (χ0) is 13.1. The van der Waals surface area contributed by atoms with E-state index in [0.29, 0.717) is 0 Å². The van der Waals surface area contributed by atoms with E-state index in [9.17, 15) is 4.79 Å². The first-order chi connectivity index (χ1) is 7.92. The summed E-state index contributed by atoms with van der Waals surface area (Å²) in [4.78, 5) is 16.4. The highest BCUT2D eigenvalue weighted by Gasteiger charge is 2.35. The van der Waals surface area contributed by atoms with E-state index in [1.54, 1.807) is 0 Å². The third-order valence-corrected chi connectivity index (χ3v) is 3.79. The first kappa shape index (κ1) is 14.4. The second kappa shape index (κ2) is 5.80. The Kier molecular flexibility index (Phi) is 4.91. The largest absolute Gasteiger partial charge is 0.299 e. The molecule has 5 nitrogen and oxygen atoms in total. The van der Waals surface area contributed by atoms with Crippen LogP contribution in [0.2, 0.25) is 0 Å². The molecule has 100 valence electrons. The number of carbonyl (C=O) groups excluding carboxylic acids is 1. The maximum atomic E-state index is 11.8. The highest BCUT2D eigenvalue weighted by atomic mass is 16.2. The van der Waals surface area contributed by atoms with Crippen molar-refractivity contribution < 1.29 is 4.79 Å². The number of hydrogen-bond acceptors (Lipinski definition) is 4. The number of nitrogens with two attached hydrogens (primary N) is 1. The third kappa shape index (κ3) is 3.40. The Labute approximate surface area is 104 Å². The standard InChI is InChI=1S/C12H26N4O/c1-5-6-10(11(17)14-13)16-8-7-15(4)12(2,3)9-16/h10H,5-9,13H2,1-4H3,(H,14,17). The van der Waals surface area contributed by atoms with Crippen molar-refractivity contribution in [1.82, 2.24) is 15.2 Å². The Bertz CT molecular complexity index is 267. The second-order valence-electron chi connectivity index (χ2n) is 5.52. The Morgan fingerprint density at radius 3 is 2.59 bits per heavy atom. The molecule has 1 atom stereocenters. The van der Waals surface area contributed by atoms with E-state index in [1.165, 1.54) is 0 Å². The van der Waals surface area contributed by atoms with Gasteiger partial charge in [0.1, 0.15) is 0 Å². The fourth-order valence-electron chi connectivity index (χ4n) is 2.39. The number of nitrogens with one attached hydrogen (secondary N) is 1. The third-order valence-electron chi connectivity index (χ3n) is 3.79. The predicted octanol–water partition coefficient (Wildman–Crippen LogP) is 0.171. The molecule has 0 aromatic carbocycles. The molecule has 17 heavy (non-hydrogen) atoms. The van der Waals surface area contributed by atoms with Crippen molar-refractivity contribution in [3.05, 3.63) is 0 Å². The molecule has 0 bridgehead atoms. The SMILES string of the molecule is CCCC(C(=O)NN)N1CCN(C)C(C)(C)C1. The maximum absolute atomic E-state index is 11.8. The van der Waals surface area contributed by atoms with Crippen LogP contribution in [0.25, 0.3) is 0 Å². The minimum atomic E-state index is -0.0852. The minimum Gasteiger partial charge on any atom is -0.299 e. The maximum Gasteiger partial charge on any atom is 0.251 e. The number of likely N-dealkylation sites (N-methyl/N-ethyl adjacent to an activating group) is 1. The molecule has 1 amide bonds. The van der Waals surface area contributed by atoms with Crippen molar-refractivity contribution >= 4 is 5.91 Å². The van der Waals surface area contributed by atoms with Crippen LogP contribution in [0.3, 0.4) is 0 Å². The van der Waals surface area contributed by atoms with E-state index in [1.807, 2.05) is 0 Å². The molecule has 0 saturated carbocycles. The van der Waals surface area contributed by atoms with Crippen LogP contribution < -0.4 is 11.3 Å². The van der Waals surface area contributed by atoms with Gasteiger partial charge in [-0.3, -0.25) is 20.0 Å². The summed E-state index contributed by atoms with van der Waals surface area (Å²) in [6, 6.07) is -0.0852. The smallest absolute Gasteiger partial charge is 0.251 e. The van der Waals surface area contributed by atoms with Gasteiger partial charge in [0.25, 0.3) is 5.91 Å². The van der Waals surface area contributed by atoms with E-state index < -0.39 is 0 Å². The first-order valence-electron chi connectivity index (χ1n) is 6.38. The van der Waals surface area contributed by atoms with E-state index in [-0.39, 0.29) is 17.5 Å². The number of hydrazine groups is 1. The number of rotatable bonds is 4. The summed E-state index contributed by atoms with van der Waals surface area (Å²) in [5, 5.41) is 0. The zero-order valence-electron chi connectivity index (χ0n) is 11.5. The minimum absolute atomic E-state index is 0.0628. The summed E-state index contributed by atoms with van der Waals surface area (Å²) in [6.07, 6.45) is 1.85. The van der Waals surface area contributed by atoms with Gasteiger partial charge < -0.3 is 0 Å². The van der Waals surface area contributed by atoms with Crippen molar-refractivity contribution in [2.75, 3.05) is 26.7 Å². The number of piperazine rings is 1. The fraction of sp³-hybridized carbons (Fsp3) is 0.917. The van der Waals surface area contributed by atoms with Crippen LogP contribution >= 0.6 is 0 Å². The average molecular weight is 242 g/mol. The molecule has 1 aliphatic rings. The Morgan fingerprint density at radius 1 is 1.47 bits per heavy atom. The molecule has 0 aromatic rings.